The molecule has 1 aromatic rings. The molecule has 0 bridgehead atoms. The van der Waals surface area contributed by atoms with Gasteiger partial charge < -0.3 is 0 Å². The van der Waals surface area contributed by atoms with Crippen LogP contribution in [0.25, 0.3) is 0 Å². The summed E-state index contributed by atoms with van der Waals surface area (Å²) in [4.78, 5) is 0.352. The number of hydrogen-bond donors (Lipinski definition) is 0. The maximum Gasteiger partial charge on any atom is 0.199 e. The molecular weight excluding hydrogens is 208 g/mol. The van der Waals surface area contributed by atoms with Crippen molar-refractivity contribution >= 4 is 9.84 Å². The lowest BCUT2D eigenvalue weighted by Crippen LogP contribution is -1.95. The molecule has 3 heteroatoms. The van der Waals surface area contributed by atoms with Crippen molar-refractivity contribution in [3.8, 4) is 0 Å². The third-order valence-corrected chi connectivity index (χ3v) is 3.43. The monoisotopic (exact) mass is 224 g/mol. The van der Waals surface area contributed by atoms with Gasteiger partial charge in [-0.1, -0.05) is 38.1 Å². The molecule has 82 valence electrons. The van der Waals surface area contributed by atoms with E-state index in [1.807, 2.05) is 0 Å². The van der Waals surface area contributed by atoms with Gasteiger partial charge in [0.1, 0.15) is 0 Å². The number of hydrogen-bond acceptors (Lipinski definition) is 2. The van der Waals surface area contributed by atoms with E-state index in [0.717, 1.165) is 6.42 Å². The summed E-state index contributed by atoms with van der Waals surface area (Å²) in [7, 11) is -3.24. The molecule has 0 aromatic heterocycles. The minimum atomic E-state index is -3.24. The third kappa shape index (κ3) is 3.88. The molecule has 0 saturated carbocycles. The summed E-state index contributed by atoms with van der Waals surface area (Å²) in [6.45, 7) is 4.11. The Morgan fingerprint density at radius 2 is 1.80 bits per heavy atom. The Hall–Kier alpha value is -1.09. The fraction of sp³-hybridized carbons (Fsp3) is 0.333. The molecule has 0 aliphatic carbocycles. The van der Waals surface area contributed by atoms with E-state index < -0.39 is 9.84 Å². The predicted molar refractivity (Wildman–Crippen MR) is 62.2 cm³/mol. The Kier molecular flexibility index (Phi) is 4.09. The fourth-order valence-electron chi connectivity index (χ4n) is 1.14. The van der Waals surface area contributed by atoms with Crippen LogP contribution in [0.3, 0.4) is 0 Å². The average molecular weight is 224 g/mol. The first kappa shape index (κ1) is 12.0. The fourth-order valence-corrected chi connectivity index (χ4v) is 2.20. The molecule has 0 atom stereocenters. The van der Waals surface area contributed by atoms with Crippen LogP contribution >= 0.6 is 0 Å². The lowest BCUT2D eigenvalue weighted by Gasteiger charge is -1.99. The molecule has 0 aliphatic heterocycles. The summed E-state index contributed by atoms with van der Waals surface area (Å²) >= 11 is 0. The summed E-state index contributed by atoms with van der Waals surface area (Å²) < 4.78 is 23.5. The molecule has 0 saturated heterocycles. The molecular formula is C12H16O2S. The predicted octanol–water partition coefficient (Wildman–Crippen LogP) is 3.02. The lowest BCUT2D eigenvalue weighted by atomic mass is 10.1. The normalized spacial score (nSPS) is 12.5. The topological polar surface area (TPSA) is 34.1 Å². The molecule has 1 rings (SSSR count). The highest BCUT2D eigenvalue weighted by molar-refractivity contribution is 7.94. The molecule has 0 aliphatic rings. The van der Waals surface area contributed by atoms with E-state index in [9.17, 15) is 8.42 Å². The van der Waals surface area contributed by atoms with Gasteiger partial charge in [-0.05, 0) is 24.5 Å². The van der Waals surface area contributed by atoms with E-state index in [1.54, 1.807) is 36.4 Å². The maximum atomic E-state index is 11.7. The van der Waals surface area contributed by atoms with Gasteiger partial charge in [-0.15, -0.1) is 0 Å². The van der Waals surface area contributed by atoms with Crippen molar-refractivity contribution in [1.29, 1.82) is 0 Å². The third-order valence-electron chi connectivity index (χ3n) is 1.95. The highest BCUT2D eigenvalue weighted by atomic mass is 32.2. The van der Waals surface area contributed by atoms with Crippen LogP contribution < -0.4 is 0 Å². The molecule has 0 N–H and O–H groups in total. The summed E-state index contributed by atoms with van der Waals surface area (Å²) in [5, 5.41) is 1.29. The summed E-state index contributed by atoms with van der Waals surface area (Å²) in [6, 6.07) is 8.47. The average Bonchev–Trinajstić information content (AvgIpc) is 2.18. The highest BCUT2D eigenvalue weighted by Gasteiger charge is 2.08. The van der Waals surface area contributed by atoms with Gasteiger partial charge in [0.15, 0.2) is 9.84 Å². The van der Waals surface area contributed by atoms with Gasteiger partial charge in [0.25, 0.3) is 0 Å². The smallest absolute Gasteiger partial charge is 0.199 e. The van der Waals surface area contributed by atoms with Crippen molar-refractivity contribution in [2.45, 2.75) is 25.2 Å². The van der Waals surface area contributed by atoms with Crippen LogP contribution in [0.15, 0.2) is 46.7 Å². The zero-order valence-electron chi connectivity index (χ0n) is 9.05. The Labute approximate surface area is 91.6 Å². The zero-order valence-corrected chi connectivity index (χ0v) is 9.87. The second-order valence-corrected chi connectivity index (χ2v) is 5.69. The standard InChI is InChI=1S/C12H16O2S/c1-11(2)7-6-10-15(13,14)12-8-4-3-5-9-12/h3-6,8-11H,7H2,1-2H3/b10-6+. The van der Waals surface area contributed by atoms with Gasteiger partial charge in [0.2, 0.25) is 0 Å². The largest absolute Gasteiger partial charge is 0.219 e. The second kappa shape index (κ2) is 5.12. The Bertz CT molecular complexity index is 416. The molecule has 2 nitrogen and oxygen atoms in total. The van der Waals surface area contributed by atoms with Gasteiger partial charge in [0, 0.05) is 5.41 Å². The van der Waals surface area contributed by atoms with Crippen LogP contribution in [-0.4, -0.2) is 8.42 Å². The quantitative estimate of drug-likeness (QED) is 0.787. The summed E-state index contributed by atoms with van der Waals surface area (Å²) in [5.41, 5.74) is 0. The van der Waals surface area contributed by atoms with Gasteiger partial charge in [-0.2, -0.15) is 0 Å². The van der Waals surface area contributed by atoms with Crippen LogP contribution in [0.4, 0.5) is 0 Å². The molecule has 0 heterocycles. The van der Waals surface area contributed by atoms with Crippen LogP contribution in [0.1, 0.15) is 20.3 Å². The van der Waals surface area contributed by atoms with Crippen molar-refractivity contribution < 1.29 is 8.42 Å². The number of benzene rings is 1. The van der Waals surface area contributed by atoms with E-state index in [-0.39, 0.29) is 0 Å². The first-order valence-corrected chi connectivity index (χ1v) is 6.53. The van der Waals surface area contributed by atoms with E-state index >= 15 is 0 Å². The highest BCUT2D eigenvalue weighted by Crippen LogP contribution is 2.12. The first-order chi connectivity index (χ1) is 7.02. The number of allylic oxidation sites excluding steroid dienone is 1. The molecule has 1 aromatic carbocycles. The molecule has 0 fully saturated rings. The van der Waals surface area contributed by atoms with Gasteiger partial charge in [0.05, 0.1) is 4.90 Å². The summed E-state index contributed by atoms with van der Waals surface area (Å²) in [5.74, 6) is 0.479. The molecule has 0 unspecified atom stereocenters. The lowest BCUT2D eigenvalue weighted by molar-refractivity contribution is 0.604. The van der Waals surface area contributed by atoms with Gasteiger partial charge >= 0.3 is 0 Å². The van der Waals surface area contributed by atoms with Crippen LogP contribution in [0.2, 0.25) is 0 Å². The van der Waals surface area contributed by atoms with Crippen molar-refractivity contribution in [3.63, 3.8) is 0 Å². The van der Waals surface area contributed by atoms with Crippen LogP contribution in [-0.2, 0) is 9.84 Å². The minimum absolute atomic E-state index is 0.352. The van der Waals surface area contributed by atoms with E-state index in [1.165, 1.54) is 5.41 Å². The van der Waals surface area contributed by atoms with Crippen molar-refractivity contribution in [2.24, 2.45) is 5.92 Å². The van der Waals surface area contributed by atoms with Crippen LogP contribution in [0, 0.1) is 5.92 Å². The molecule has 0 amide bonds. The van der Waals surface area contributed by atoms with Crippen molar-refractivity contribution in [1.82, 2.24) is 0 Å². The zero-order chi connectivity index (χ0) is 11.3. The van der Waals surface area contributed by atoms with Crippen molar-refractivity contribution in [2.75, 3.05) is 0 Å². The Morgan fingerprint density at radius 1 is 1.20 bits per heavy atom. The number of rotatable bonds is 4. The first-order valence-electron chi connectivity index (χ1n) is 4.99. The molecule has 0 spiro atoms. The number of sulfone groups is 1. The van der Waals surface area contributed by atoms with E-state index in [4.69, 9.17) is 0 Å². The van der Waals surface area contributed by atoms with Crippen LogP contribution in [0.5, 0.6) is 0 Å². The van der Waals surface area contributed by atoms with Gasteiger partial charge in [-0.3, -0.25) is 0 Å². The summed E-state index contributed by atoms with van der Waals surface area (Å²) in [6.07, 6.45) is 2.50. The van der Waals surface area contributed by atoms with E-state index in [0.29, 0.717) is 10.8 Å². The molecule has 0 radical (unpaired) electrons. The SMILES string of the molecule is CC(C)C/C=C/S(=O)(=O)c1ccccc1. The Balaban J connectivity index is 2.82. The van der Waals surface area contributed by atoms with E-state index in [2.05, 4.69) is 13.8 Å². The second-order valence-electron chi connectivity index (χ2n) is 3.86. The van der Waals surface area contributed by atoms with Crippen molar-refractivity contribution in [3.05, 3.63) is 41.8 Å². The minimum Gasteiger partial charge on any atom is -0.219 e. The molecule has 15 heavy (non-hydrogen) atoms. The Morgan fingerprint density at radius 3 is 2.33 bits per heavy atom. The van der Waals surface area contributed by atoms with Gasteiger partial charge in [-0.25, -0.2) is 8.42 Å². The maximum absolute atomic E-state index is 11.7.